The topological polar surface area (TPSA) is 94.1 Å². The second-order valence-electron chi connectivity index (χ2n) is 6.55. The molecule has 32 heavy (non-hydrogen) atoms. The molecule has 0 aliphatic carbocycles. The Kier molecular flexibility index (Phi) is 7.25. The van der Waals surface area contributed by atoms with Gasteiger partial charge in [0.15, 0.2) is 15.3 Å². The summed E-state index contributed by atoms with van der Waals surface area (Å²) in [6.45, 7) is 0. The smallest absolute Gasteiger partial charge is 0.232 e. The third-order valence-electron chi connectivity index (χ3n) is 4.32. The molecule has 10 heteroatoms. The fraction of sp³-hybridized carbons (Fsp3) is 0.136. The van der Waals surface area contributed by atoms with Crippen molar-refractivity contribution in [3.05, 3.63) is 70.8 Å². The van der Waals surface area contributed by atoms with Gasteiger partial charge in [0.05, 0.1) is 30.7 Å². The Bertz CT molecular complexity index is 1210. The van der Waals surface area contributed by atoms with Crippen LogP contribution in [0.1, 0.15) is 16.1 Å². The highest BCUT2D eigenvalue weighted by Gasteiger charge is 2.13. The van der Waals surface area contributed by atoms with E-state index in [9.17, 15) is 9.59 Å². The van der Waals surface area contributed by atoms with E-state index in [-0.39, 0.29) is 23.9 Å². The number of carbonyl (C=O) groups excluding carboxylic acids is 2. The first kappa shape index (κ1) is 22.1. The molecule has 1 N–H and O–H groups in total. The van der Waals surface area contributed by atoms with Gasteiger partial charge < -0.3 is 10.1 Å². The van der Waals surface area contributed by atoms with Crippen LogP contribution in [0.15, 0.2) is 63.9 Å². The quantitative estimate of drug-likeness (QED) is 0.270. The molecule has 0 unspecified atom stereocenters. The maximum Gasteiger partial charge on any atom is 0.232 e. The number of hydrogen-bond donors (Lipinski definition) is 1. The number of nitrogens with zero attached hydrogens (tertiary/aromatic N) is 3. The average Bonchev–Trinajstić information content (AvgIpc) is 3.47. The summed E-state index contributed by atoms with van der Waals surface area (Å²) in [4.78, 5) is 37.7. The van der Waals surface area contributed by atoms with Gasteiger partial charge in [-0.3, -0.25) is 14.6 Å². The van der Waals surface area contributed by atoms with Crippen LogP contribution in [0.2, 0.25) is 0 Å². The van der Waals surface area contributed by atoms with E-state index in [4.69, 9.17) is 4.74 Å². The van der Waals surface area contributed by atoms with Crippen LogP contribution in [0.4, 0.5) is 5.13 Å². The van der Waals surface area contributed by atoms with Gasteiger partial charge >= 0.3 is 0 Å². The highest BCUT2D eigenvalue weighted by molar-refractivity contribution is 8.01. The van der Waals surface area contributed by atoms with Crippen LogP contribution in [-0.4, -0.2) is 39.5 Å². The number of nitrogens with one attached hydrogen (secondary N) is 1. The Balaban J connectivity index is 1.28. The summed E-state index contributed by atoms with van der Waals surface area (Å²) in [7, 11) is 1.59. The summed E-state index contributed by atoms with van der Waals surface area (Å²) in [5.41, 5.74) is 2.96. The summed E-state index contributed by atoms with van der Waals surface area (Å²) >= 11 is 4.15. The Labute approximate surface area is 196 Å². The van der Waals surface area contributed by atoms with E-state index in [0.29, 0.717) is 22.1 Å². The molecular weight excluding hydrogens is 464 g/mol. The maximum absolute atomic E-state index is 12.4. The number of rotatable bonds is 9. The fourth-order valence-electron chi connectivity index (χ4n) is 2.73. The number of ether oxygens (including phenoxy) is 1. The van der Waals surface area contributed by atoms with Crippen LogP contribution in [0.25, 0.3) is 11.3 Å². The number of thiazole rings is 2. The molecule has 0 fully saturated rings. The van der Waals surface area contributed by atoms with Gasteiger partial charge in [-0.05, 0) is 36.4 Å². The number of hydrogen-bond acceptors (Lipinski definition) is 9. The minimum Gasteiger partial charge on any atom is -0.497 e. The Morgan fingerprint density at radius 2 is 1.94 bits per heavy atom. The van der Waals surface area contributed by atoms with Gasteiger partial charge in [0, 0.05) is 34.3 Å². The predicted molar refractivity (Wildman–Crippen MR) is 128 cm³/mol. The van der Waals surface area contributed by atoms with Crippen molar-refractivity contribution in [2.24, 2.45) is 0 Å². The second-order valence-corrected chi connectivity index (χ2v) is 9.49. The van der Waals surface area contributed by atoms with E-state index in [1.165, 1.54) is 34.4 Å². The summed E-state index contributed by atoms with van der Waals surface area (Å²) in [5.74, 6) is 0.818. The lowest BCUT2D eigenvalue weighted by molar-refractivity contribution is -0.115. The van der Waals surface area contributed by atoms with Crippen LogP contribution in [0, 0.1) is 0 Å². The zero-order valence-corrected chi connectivity index (χ0v) is 19.4. The van der Waals surface area contributed by atoms with E-state index < -0.39 is 0 Å². The minimum atomic E-state index is -0.187. The average molecular weight is 483 g/mol. The van der Waals surface area contributed by atoms with Gasteiger partial charge in [-0.1, -0.05) is 11.8 Å². The number of aromatic nitrogens is 3. The number of carbonyl (C=O) groups is 2. The van der Waals surface area contributed by atoms with Crippen LogP contribution in [0.3, 0.4) is 0 Å². The summed E-state index contributed by atoms with van der Waals surface area (Å²) < 4.78 is 5.86. The Morgan fingerprint density at radius 1 is 1.09 bits per heavy atom. The number of anilines is 1. The molecule has 162 valence electrons. The second kappa shape index (κ2) is 10.5. The molecule has 0 bridgehead atoms. The van der Waals surface area contributed by atoms with Crippen molar-refractivity contribution in [3.63, 3.8) is 0 Å². The third-order valence-corrected chi connectivity index (χ3v) is 7.15. The number of ketones is 1. The number of methoxy groups -OCH3 is 1. The first-order chi connectivity index (χ1) is 15.6. The molecule has 0 aliphatic rings. The maximum atomic E-state index is 12.4. The van der Waals surface area contributed by atoms with Crippen LogP contribution < -0.4 is 10.1 Å². The van der Waals surface area contributed by atoms with Crippen molar-refractivity contribution in [2.45, 2.75) is 10.8 Å². The Morgan fingerprint density at radius 3 is 2.69 bits per heavy atom. The minimum absolute atomic E-state index is 0.0142. The van der Waals surface area contributed by atoms with Crippen molar-refractivity contribution in [2.75, 3.05) is 18.2 Å². The molecular formula is C22H18N4O3S3. The predicted octanol–water partition coefficient (Wildman–Crippen LogP) is 4.83. The summed E-state index contributed by atoms with van der Waals surface area (Å²) in [6.07, 6.45) is 3.58. The molecule has 1 aromatic carbocycles. The molecule has 0 saturated carbocycles. The number of benzene rings is 1. The lowest BCUT2D eigenvalue weighted by atomic mass is 10.1. The number of Topliss-reactive ketones (excluding diaryl/α,β-unsaturated/α-hetero) is 1. The zero-order valence-electron chi connectivity index (χ0n) is 17.0. The SMILES string of the molecule is COc1ccc(C(=O)CSc2nc(CC(=O)Nc3nc(-c4cccnc4)cs3)cs2)cc1. The molecule has 0 radical (unpaired) electrons. The van der Waals surface area contributed by atoms with Crippen LogP contribution in [0.5, 0.6) is 5.75 Å². The molecule has 4 rings (SSSR count). The molecule has 0 saturated heterocycles. The van der Waals surface area contributed by atoms with Gasteiger partial charge in [0.2, 0.25) is 5.91 Å². The number of thioether (sulfide) groups is 1. The third kappa shape index (κ3) is 5.78. The van der Waals surface area contributed by atoms with E-state index in [2.05, 4.69) is 20.3 Å². The van der Waals surface area contributed by atoms with Crippen molar-refractivity contribution in [1.29, 1.82) is 0 Å². The van der Waals surface area contributed by atoms with Crippen LogP contribution >= 0.6 is 34.4 Å². The first-order valence-corrected chi connectivity index (χ1v) is 12.3. The normalized spacial score (nSPS) is 10.7. The van der Waals surface area contributed by atoms with Gasteiger partial charge in [0.1, 0.15) is 5.75 Å². The number of pyridine rings is 1. The van der Waals surface area contributed by atoms with Gasteiger partial charge in [-0.2, -0.15) is 0 Å². The fourth-order valence-corrected chi connectivity index (χ4v) is 5.20. The van der Waals surface area contributed by atoms with E-state index >= 15 is 0 Å². The van der Waals surface area contributed by atoms with Crippen molar-refractivity contribution in [3.8, 4) is 17.0 Å². The van der Waals surface area contributed by atoms with Crippen LogP contribution in [-0.2, 0) is 11.2 Å². The van der Waals surface area contributed by atoms with Gasteiger partial charge in [-0.15, -0.1) is 22.7 Å². The molecule has 7 nitrogen and oxygen atoms in total. The molecule has 4 aromatic rings. The van der Waals surface area contributed by atoms with E-state index in [1.807, 2.05) is 22.9 Å². The molecule has 3 aromatic heterocycles. The van der Waals surface area contributed by atoms with E-state index in [1.54, 1.807) is 43.8 Å². The van der Waals surface area contributed by atoms with Crippen molar-refractivity contribution in [1.82, 2.24) is 15.0 Å². The summed E-state index contributed by atoms with van der Waals surface area (Å²) in [5, 5.41) is 7.06. The van der Waals surface area contributed by atoms with Gasteiger partial charge in [0.25, 0.3) is 0 Å². The highest BCUT2D eigenvalue weighted by atomic mass is 32.2. The molecule has 0 spiro atoms. The molecule has 0 atom stereocenters. The molecule has 1 amide bonds. The Hall–Kier alpha value is -3.08. The largest absolute Gasteiger partial charge is 0.497 e. The first-order valence-electron chi connectivity index (χ1n) is 9.51. The lowest BCUT2D eigenvalue weighted by Gasteiger charge is -2.02. The summed E-state index contributed by atoms with van der Waals surface area (Å²) in [6, 6.07) is 10.8. The monoisotopic (exact) mass is 482 g/mol. The highest BCUT2D eigenvalue weighted by Crippen LogP contribution is 2.26. The van der Waals surface area contributed by atoms with Crippen molar-refractivity contribution < 1.29 is 14.3 Å². The molecule has 3 heterocycles. The van der Waals surface area contributed by atoms with E-state index in [0.717, 1.165) is 15.6 Å². The number of amides is 1. The zero-order chi connectivity index (χ0) is 22.3. The standard InChI is InChI=1S/C22H18N4O3S3/c1-29-17-6-4-14(5-7-17)19(27)13-32-22-24-16(11-31-22)9-20(28)26-21-25-18(12-30-21)15-3-2-8-23-10-15/h2-8,10-12H,9,13H2,1H3,(H,25,26,28). The lowest BCUT2D eigenvalue weighted by Crippen LogP contribution is -2.14. The molecule has 0 aliphatic heterocycles. The van der Waals surface area contributed by atoms with Crippen molar-refractivity contribution >= 4 is 51.3 Å². The van der Waals surface area contributed by atoms with Gasteiger partial charge in [-0.25, -0.2) is 9.97 Å².